The molecule has 8 nitrogen and oxygen atoms in total. The topological polar surface area (TPSA) is 111 Å². The molecule has 1 rings (SSSR count). The minimum absolute atomic E-state index is 0.183. The van der Waals surface area contributed by atoms with Gasteiger partial charge in [-0.1, -0.05) is 0 Å². The van der Waals surface area contributed by atoms with E-state index in [4.69, 9.17) is 0 Å². The number of carbonyl (C=O) groups is 1. The van der Waals surface area contributed by atoms with Gasteiger partial charge in [0.15, 0.2) is 11.1 Å². The van der Waals surface area contributed by atoms with Crippen LogP contribution in [-0.4, -0.2) is 48.8 Å². The van der Waals surface area contributed by atoms with Gasteiger partial charge in [-0.2, -0.15) is 0 Å². The van der Waals surface area contributed by atoms with Crippen LogP contribution in [-0.2, 0) is 26.6 Å². The molecule has 2 N–H and O–H groups in total. The van der Waals surface area contributed by atoms with Crippen LogP contribution in [0.4, 0.5) is 0 Å². The second kappa shape index (κ2) is 5.25. The van der Waals surface area contributed by atoms with Crippen LogP contribution in [0.2, 0.25) is 0 Å². The lowest BCUT2D eigenvalue weighted by molar-refractivity contribution is -0.149. The van der Waals surface area contributed by atoms with Crippen molar-refractivity contribution in [3.8, 4) is 0 Å². The number of ether oxygens (including phenoxy) is 1. The van der Waals surface area contributed by atoms with Crippen molar-refractivity contribution >= 4 is 16.0 Å². The molecule has 1 aromatic rings. The first-order valence-corrected chi connectivity index (χ1v) is 6.08. The van der Waals surface area contributed by atoms with Crippen molar-refractivity contribution in [3.63, 3.8) is 0 Å². The molecule has 1 atom stereocenters. The Kier molecular flexibility index (Phi) is 4.21. The van der Waals surface area contributed by atoms with Crippen LogP contribution in [0.3, 0.4) is 0 Å². The molecular formula is C8H13N3O5S. The Morgan fingerprint density at radius 3 is 2.82 bits per heavy atom. The predicted octanol–water partition coefficient (Wildman–Crippen LogP) is -1.77. The van der Waals surface area contributed by atoms with Crippen molar-refractivity contribution < 1.29 is 23.1 Å². The smallest absolute Gasteiger partial charge is 0.336 e. The Balaban J connectivity index is 2.66. The number of nitrogens with zero attached hydrogens (tertiary/aromatic N) is 2. The van der Waals surface area contributed by atoms with Crippen molar-refractivity contribution in [3.05, 3.63) is 12.5 Å². The molecule has 1 unspecified atom stereocenters. The van der Waals surface area contributed by atoms with E-state index < -0.39 is 28.6 Å². The number of nitrogens with one attached hydrogen (secondary N) is 1. The Bertz CT molecular complexity index is 495. The molecular weight excluding hydrogens is 250 g/mol. The third-order valence-electron chi connectivity index (χ3n) is 1.90. The molecule has 0 bridgehead atoms. The fraction of sp³-hybridized carbons (Fsp3) is 0.500. The summed E-state index contributed by atoms with van der Waals surface area (Å²) in [5.74, 6) is -0.909. The number of hydrogen-bond acceptors (Lipinski definition) is 6. The number of carbonyl (C=O) groups excluding carboxylic acids is 1. The van der Waals surface area contributed by atoms with Crippen LogP contribution in [0.5, 0.6) is 0 Å². The van der Waals surface area contributed by atoms with E-state index in [0.29, 0.717) is 0 Å². The highest BCUT2D eigenvalue weighted by molar-refractivity contribution is 7.89. The quantitative estimate of drug-likeness (QED) is 0.608. The highest BCUT2D eigenvalue weighted by Gasteiger charge is 2.21. The van der Waals surface area contributed by atoms with Crippen LogP contribution in [0.15, 0.2) is 17.6 Å². The lowest BCUT2D eigenvalue weighted by Gasteiger charge is -2.08. The molecule has 9 heteroatoms. The summed E-state index contributed by atoms with van der Waals surface area (Å²) < 4.78 is 31.0. The third kappa shape index (κ3) is 3.51. The number of hydrogen-bond donors (Lipinski definition) is 2. The summed E-state index contributed by atoms with van der Waals surface area (Å²) in [4.78, 5) is 14.5. The normalized spacial score (nSPS) is 13.4. The van der Waals surface area contributed by atoms with Gasteiger partial charge in [0.25, 0.3) is 10.0 Å². The van der Waals surface area contributed by atoms with E-state index >= 15 is 0 Å². The van der Waals surface area contributed by atoms with Crippen molar-refractivity contribution in [2.75, 3.05) is 13.7 Å². The van der Waals surface area contributed by atoms with E-state index in [2.05, 4.69) is 9.72 Å². The molecule has 1 heterocycles. The van der Waals surface area contributed by atoms with Crippen molar-refractivity contribution in [2.45, 2.75) is 11.1 Å². The highest BCUT2D eigenvalue weighted by atomic mass is 32.2. The molecule has 17 heavy (non-hydrogen) atoms. The number of rotatable bonds is 5. The average Bonchev–Trinajstić information content (AvgIpc) is 2.72. The molecule has 0 aliphatic heterocycles. The van der Waals surface area contributed by atoms with Gasteiger partial charge in [-0.25, -0.2) is 22.9 Å². The lowest BCUT2D eigenvalue weighted by Crippen LogP contribution is -2.37. The maximum Gasteiger partial charge on any atom is 0.336 e. The molecule has 0 fully saturated rings. The maximum absolute atomic E-state index is 11.6. The number of imidazole rings is 1. The molecule has 0 radical (unpaired) electrons. The Morgan fingerprint density at radius 1 is 1.71 bits per heavy atom. The SMILES string of the molecule is COC(=O)C(O)CNS(=O)(=O)c1cn(C)cn1. The molecule has 1 aromatic heterocycles. The zero-order valence-electron chi connectivity index (χ0n) is 9.32. The molecule has 0 aromatic carbocycles. The zero-order chi connectivity index (χ0) is 13.1. The molecule has 0 amide bonds. The van der Waals surface area contributed by atoms with Gasteiger partial charge < -0.3 is 14.4 Å². The zero-order valence-corrected chi connectivity index (χ0v) is 10.1. The number of aromatic nitrogens is 2. The van der Waals surface area contributed by atoms with Gasteiger partial charge in [0.2, 0.25) is 0 Å². The molecule has 0 spiro atoms. The first-order valence-electron chi connectivity index (χ1n) is 4.60. The van der Waals surface area contributed by atoms with Crippen LogP contribution < -0.4 is 4.72 Å². The monoisotopic (exact) mass is 263 g/mol. The van der Waals surface area contributed by atoms with Crippen LogP contribution >= 0.6 is 0 Å². The largest absolute Gasteiger partial charge is 0.467 e. The van der Waals surface area contributed by atoms with E-state index in [1.807, 2.05) is 4.72 Å². The number of aliphatic hydroxyl groups excluding tert-OH is 1. The summed E-state index contributed by atoms with van der Waals surface area (Å²) >= 11 is 0. The number of sulfonamides is 1. The van der Waals surface area contributed by atoms with Gasteiger partial charge >= 0.3 is 5.97 Å². The van der Waals surface area contributed by atoms with Crippen molar-refractivity contribution in [1.82, 2.24) is 14.3 Å². The van der Waals surface area contributed by atoms with Crippen molar-refractivity contribution in [2.24, 2.45) is 7.05 Å². The van der Waals surface area contributed by atoms with Crippen LogP contribution in [0, 0.1) is 0 Å². The average molecular weight is 263 g/mol. The fourth-order valence-corrected chi connectivity index (χ4v) is 2.03. The Labute approximate surface area is 98.3 Å². The minimum atomic E-state index is -3.83. The fourth-order valence-electron chi connectivity index (χ4n) is 1.01. The summed E-state index contributed by atoms with van der Waals surface area (Å²) in [7, 11) is -1.11. The highest BCUT2D eigenvalue weighted by Crippen LogP contribution is 2.03. The molecule has 0 aliphatic carbocycles. The first kappa shape index (κ1) is 13.6. The van der Waals surface area contributed by atoms with Gasteiger partial charge in [-0.05, 0) is 0 Å². The van der Waals surface area contributed by atoms with Crippen LogP contribution in [0.25, 0.3) is 0 Å². The van der Waals surface area contributed by atoms with Crippen molar-refractivity contribution in [1.29, 1.82) is 0 Å². The predicted molar refractivity (Wildman–Crippen MR) is 56.4 cm³/mol. The van der Waals surface area contributed by atoms with E-state index in [1.165, 1.54) is 17.1 Å². The summed E-state index contributed by atoms with van der Waals surface area (Å²) in [6.45, 7) is -0.467. The summed E-state index contributed by atoms with van der Waals surface area (Å²) in [6.07, 6.45) is 1.08. The van der Waals surface area contributed by atoms with E-state index in [-0.39, 0.29) is 5.03 Å². The number of aryl methyl sites for hydroxylation is 1. The standard InChI is InChI=1S/C8H13N3O5S/c1-11-4-7(9-5-11)17(14,15)10-3-6(12)8(13)16-2/h4-6,10,12H,3H2,1-2H3. The number of aliphatic hydroxyl groups is 1. The van der Waals surface area contributed by atoms with Gasteiger partial charge in [0, 0.05) is 19.8 Å². The maximum atomic E-state index is 11.6. The minimum Gasteiger partial charge on any atom is -0.467 e. The lowest BCUT2D eigenvalue weighted by atomic mass is 10.4. The summed E-state index contributed by atoms with van der Waals surface area (Å²) in [5.41, 5.74) is 0. The van der Waals surface area contributed by atoms with Gasteiger partial charge in [0.05, 0.1) is 13.4 Å². The second-order valence-electron chi connectivity index (χ2n) is 3.27. The molecule has 0 saturated carbocycles. The van der Waals surface area contributed by atoms with E-state index in [1.54, 1.807) is 7.05 Å². The van der Waals surface area contributed by atoms with E-state index in [9.17, 15) is 18.3 Å². The molecule has 0 saturated heterocycles. The number of methoxy groups -OCH3 is 1. The third-order valence-corrected chi connectivity index (χ3v) is 3.20. The molecule has 0 aliphatic rings. The first-order chi connectivity index (χ1) is 7.86. The van der Waals surface area contributed by atoms with E-state index in [0.717, 1.165) is 7.11 Å². The summed E-state index contributed by atoms with van der Waals surface area (Å²) in [5, 5.41) is 9.02. The Hall–Kier alpha value is -1.45. The number of esters is 1. The van der Waals surface area contributed by atoms with Crippen LogP contribution in [0.1, 0.15) is 0 Å². The van der Waals surface area contributed by atoms with Gasteiger partial charge in [-0.3, -0.25) is 0 Å². The van der Waals surface area contributed by atoms with Gasteiger partial charge in [0.1, 0.15) is 0 Å². The van der Waals surface area contributed by atoms with Gasteiger partial charge in [-0.15, -0.1) is 0 Å². The second-order valence-corrected chi connectivity index (χ2v) is 4.98. The summed E-state index contributed by atoms with van der Waals surface area (Å²) in [6, 6.07) is 0. The molecule has 96 valence electrons. The Morgan fingerprint density at radius 2 is 2.35 bits per heavy atom.